The van der Waals surface area contributed by atoms with Crippen molar-refractivity contribution < 1.29 is 35.3 Å². The minimum Gasteiger partial charge on any atom is -0.444 e. The van der Waals surface area contributed by atoms with Crippen LogP contribution < -0.4 is 5.32 Å². The number of aromatic nitrogens is 2. The van der Waals surface area contributed by atoms with Gasteiger partial charge >= 0.3 is 21.7 Å². The van der Waals surface area contributed by atoms with E-state index in [1.54, 1.807) is 10.7 Å². The molecule has 1 N–H and O–H groups in total. The Morgan fingerprint density at radius 1 is 1.21 bits per heavy atom. The number of carbonyl (C=O) groups is 1. The Morgan fingerprint density at radius 3 is 2.48 bits per heavy atom. The molecule has 1 aliphatic rings. The number of carbonyl (C=O) groups excluding carboxylic acids is 1. The number of allylic oxidation sites excluding steroid dienone is 2. The second-order valence-electron chi connectivity index (χ2n) is 8.49. The van der Waals surface area contributed by atoms with Crippen LogP contribution in [-0.4, -0.2) is 29.8 Å². The summed E-state index contributed by atoms with van der Waals surface area (Å²) in [6, 6.07) is 10.7. The molecule has 33 heavy (non-hydrogen) atoms. The number of ether oxygens (including phenoxy) is 1. The minimum absolute atomic E-state index is 0.00420. The number of rotatable bonds is 6. The highest BCUT2D eigenvalue weighted by atomic mass is 32.2. The number of hydrogen-bond donors (Lipinski definition) is 1. The molecule has 1 aliphatic carbocycles. The Balaban J connectivity index is 1.75. The van der Waals surface area contributed by atoms with Crippen molar-refractivity contribution in [2.75, 3.05) is 5.32 Å². The standard InChI is InChI=1S/C21H24F3N3O5S/c1-20(2,3)27-18(25-19(28)31-13-14-7-5-4-6-8-14)12-17(26-27)15-9-10-16(11-15)32-33(29,30)21(22,23)24/h4-8,11-12,15H,9-10,13H2,1-3H3,(H,25,28). The van der Waals surface area contributed by atoms with Crippen LogP contribution in [-0.2, 0) is 31.2 Å². The third kappa shape index (κ3) is 6.06. The monoisotopic (exact) mass is 487 g/mol. The highest BCUT2D eigenvalue weighted by Gasteiger charge is 2.49. The molecule has 0 aliphatic heterocycles. The first kappa shape index (κ1) is 24.6. The topological polar surface area (TPSA) is 99.5 Å². The molecule has 0 radical (unpaired) electrons. The third-order valence-corrected chi connectivity index (χ3v) is 5.78. The number of halogens is 3. The van der Waals surface area contributed by atoms with Gasteiger partial charge in [0.05, 0.1) is 11.2 Å². The summed E-state index contributed by atoms with van der Waals surface area (Å²) in [5.74, 6) is -0.437. The van der Waals surface area contributed by atoms with Crippen LogP contribution in [0.2, 0.25) is 0 Å². The van der Waals surface area contributed by atoms with Crippen LogP contribution in [0, 0.1) is 0 Å². The van der Waals surface area contributed by atoms with Crippen LogP contribution in [0.1, 0.15) is 50.8 Å². The van der Waals surface area contributed by atoms with Gasteiger partial charge in [-0.2, -0.15) is 26.7 Å². The van der Waals surface area contributed by atoms with Gasteiger partial charge in [0.2, 0.25) is 0 Å². The second-order valence-corrected chi connectivity index (χ2v) is 10.0. The molecule has 8 nitrogen and oxygen atoms in total. The first-order valence-corrected chi connectivity index (χ1v) is 11.5. The van der Waals surface area contributed by atoms with E-state index in [1.165, 1.54) is 6.08 Å². The van der Waals surface area contributed by atoms with Crippen molar-refractivity contribution in [3.8, 4) is 0 Å². The zero-order chi connectivity index (χ0) is 24.4. The van der Waals surface area contributed by atoms with E-state index >= 15 is 0 Å². The van der Waals surface area contributed by atoms with Gasteiger partial charge in [-0.3, -0.25) is 5.32 Å². The predicted molar refractivity (Wildman–Crippen MR) is 114 cm³/mol. The lowest BCUT2D eigenvalue weighted by molar-refractivity contribution is -0.0522. The summed E-state index contributed by atoms with van der Waals surface area (Å²) in [5, 5.41) is 7.13. The van der Waals surface area contributed by atoms with E-state index in [0.717, 1.165) is 5.56 Å². The number of nitrogens with zero attached hydrogens (tertiary/aromatic N) is 2. The van der Waals surface area contributed by atoms with E-state index < -0.39 is 33.2 Å². The third-order valence-electron chi connectivity index (χ3n) is 4.78. The largest absolute Gasteiger partial charge is 0.534 e. The summed E-state index contributed by atoms with van der Waals surface area (Å²) < 4.78 is 71.3. The van der Waals surface area contributed by atoms with Gasteiger partial charge < -0.3 is 8.92 Å². The molecule has 0 saturated carbocycles. The van der Waals surface area contributed by atoms with Crippen molar-refractivity contribution in [2.45, 2.75) is 57.2 Å². The molecule has 1 amide bonds. The zero-order valence-electron chi connectivity index (χ0n) is 18.2. The van der Waals surface area contributed by atoms with Gasteiger partial charge in [-0.05, 0) is 38.8 Å². The quantitative estimate of drug-likeness (QED) is 0.454. The summed E-state index contributed by atoms with van der Waals surface area (Å²) in [7, 11) is -5.73. The van der Waals surface area contributed by atoms with Crippen molar-refractivity contribution in [1.82, 2.24) is 9.78 Å². The molecule has 1 aromatic carbocycles. The van der Waals surface area contributed by atoms with E-state index in [9.17, 15) is 26.4 Å². The predicted octanol–water partition coefficient (Wildman–Crippen LogP) is 5.01. The molecule has 180 valence electrons. The smallest absolute Gasteiger partial charge is 0.444 e. The van der Waals surface area contributed by atoms with E-state index in [1.807, 2.05) is 51.1 Å². The fraction of sp³-hybridized carbons (Fsp3) is 0.429. The maximum atomic E-state index is 12.6. The van der Waals surface area contributed by atoms with Gasteiger partial charge in [0, 0.05) is 18.4 Å². The Bertz CT molecular complexity index is 1140. The zero-order valence-corrected chi connectivity index (χ0v) is 19.0. The fourth-order valence-electron chi connectivity index (χ4n) is 3.22. The first-order chi connectivity index (χ1) is 15.3. The Kier molecular flexibility index (Phi) is 6.78. The molecule has 0 spiro atoms. The van der Waals surface area contributed by atoms with Crippen molar-refractivity contribution >= 4 is 22.0 Å². The molecule has 1 unspecified atom stereocenters. The Labute approximate surface area is 189 Å². The van der Waals surface area contributed by atoms with Crippen molar-refractivity contribution in [2.24, 2.45) is 0 Å². The number of hydrogen-bond acceptors (Lipinski definition) is 6. The summed E-state index contributed by atoms with van der Waals surface area (Å²) in [6.45, 7) is 5.65. The maximum absolute atomic E-state index is 12.6. The lowest BCUT2D eigenvalue weighted by atomic mass is 10.1. The second kappa shape index (κ2) is 9.08. The molecule has 3 rings (SSSR count). The van der Waals surface area contributed by atoms with Gasteiger partial charge in [-0.1, -0.05) is 30.3 Å². The Morgan fingerprint density at radius 2 is 1.88 bits per heavy atom. The number of alkyl halides is 3. The lowest BCUT2D eigenvalue weighted by Crippen LogP contribution is -2.27. The van der Waals surface area contributed by atoms with Crippen molar-refractivity contribution in [3.05, 3.63) is 59.5 Å². The molecular formula is C21H24F3N3O5S. The Hall–Kier alpha value is -3.02. The number of amides is 1. The molecule has 1 aromatic heterocycles. The normalized spacial score (nSPS) is 16.9. The average Bonchev–Trinajstić information content (AvgIpc) is 3.33. The lowest BCUT2D eigenvalue weighted by Gasteiger charge is -2.22. The highest BCUT2D eigenvalue weighted by Crippen LogP contribution is 2.37. The van der Waals surface area contributed by atoms with Crippen LogP contribution in [0.15, 0.2) is 48.2 Å². The molecule has 0 saturated heterocycles. The molecule has 2 aromatic rings. The van der Waals surface area contributed by atoms with E-state index in [-0.39, 0.29) is 18.8 Å². The van der Waals surface area contributed by atoms with Gasteiger partial charge in [-0.25, -0.2) is 9.48 Å². The minimum atomic E-state index is -5.73. The van der Waals surface area contributed by atoms with Crippen LogP contribution >= 0.6 is 0 Å². The van der Waals surface area contributed by atoms with Crippen molar-refractivity contribution in [3.63, 3.8) is 0 Å². The van der Waals surface area contributed by atoms with E-state index in [4.69, 9.17) is 4.74 Å². The molecular weight excluding hydrogens is 463 g/mol. The molecule has 0 bridgehead atoms. The maximum Gasteiger partial charge on any atom is 0.534 e. The summed E-state index contributed by atoms with van der Waals surface area (Å²) in [5.41, 5.74) is -4.78. The van der Waals surface area contributed by atoms with Gasteiger partial charge in [0.25, 0.3) is 0 Å². The summed E-state index contributed by atoms with van der Waals surface area (Å²) in [6.07, 6.45) is 0.917. The molecule has 12 heteroatoms. The van der Waals surface area contributed by atoms with Crippen LogP contribution in [0.4, 0.5) is 23.8 Å². The highest BCUT2D eigenvalue weighted by molar-refractivity contribution is 7.87. The van der Waals surface area contributed by atoms with E-state index in [0.29, 0.717) is 17.9 Å². The average molecular weight is 488 g/mol. The van der Waals surface area contributed by atoms with Crippen LogP contribution in [0.5, 0.6) is 0 Å². The number of benzene rings is 1. The van der Waals surface area contributed by atoms with Gasteiger partial charge in [0.15, 0.2) is 0 Å². The summed E-state index contributed by atoms with van der Waals surface area (Å²) in [4.78, 5) is 12.3. The van der Waals surface area contributed by atoms with Crippen LogP contribution in [0.25, 0.3) is 0 Å². The number of nitrogens with one attached hydrogen (secondary N) is 1. The fourth-order valence-corrected chi connectivity index (χ4v) is 3.74. The first-order valence-electron chi connectivity index (χ1n) is 10.1. The summed E-state index contributed by atoms with van der Waals surface area (Å²) >= 11 is 0. The van der Waals surface area contributed by atoms with E-state index in [2.05, 4.69) is 14.6 Å². The molecule has 1 atom stereocenters. The SMILES string of the molecule is CC(C)(C)n1nc(C2C=C(OS(=O)(=O)C(F)(F)F)CC2)cc1NC(=O)OCc1ccccc1. The molecule has 0 fully saturated rings. The van der Waals surface area contributed by atoms with Crippen LogP contribution in [0.3, 0.4) is 0 Å². The van der Waals surface area contributed by atoms with Gasteiger partial charge in [0.1, 0.15) is 18.2 Å². The number of anilines is 1. The molecule has 1 heterocycles. The van der Waals surface area contributed by atoms with Crippen molar-refractivity contribution in [1.29, 1.82) is 0 Å². The van der Waals surface area contributed by atoms with Gasteiger partial charge in [-0.15, -0.1) is 0 Å².